The van der Waals surface area contributed by atoms with Crippen LogP contribution in [0.15, 0.2) is 11.2 Å². The molecule has 128 valence electrons. The first-order valence-corrected chi connectivity index (χ1v) is 8.58. The van der Waals surface area contributed by atoms with Gasteiger partial charge >= 0.3 is 0 Å². The van der Waals surface area contributed by atoms with Gasteiger partial charge in [-0.3, -0.25) is 14.7 Å². The summed E-state index contributed by atoms with van der Waals surface area (Å²) in [4.78, 5) is 25.7. The molecule has 7 nitrogen and oxygen atoms in total. The minimum Gasteiger partial charge on any atom is -0.368 e. The van der Waals surface area contributed by atoms with E-state index in [4.69, 9.17) is 5.73 Å². The Hall–Kier alpha value is -1.67. The van der Waals surface area contributed by atoms with E-state index in [0.29, 0.717) is 0 Å². The second-order valence-corrected chi connectivity index (χ2v) is 7.46. The number of thiazole rings is 1. The Morgan fingerprint density at radius 3 is 2.57 bits per heavy atom. The minimum atomic E-state index is -0.608. The van der Waals surface area contributed by atoms with Gasteiger partial charge in [-0.15, -0.1) is 11.3 Å². The molecule has 0 saturated carbocycles. The number of rotatable bonds is 4. The number of carbonyl (C=O) groups is 1. The number of piperazine rings is 1. The van der Waals surface area contributed by atoms with Crippen molar-refractivity contribution in [2.45, 2.75) is 32.9 Å². The minimum absolute atomic E-state index is 0.283. The van der Waals surface area contributed by atoms with Gasteiger partial charge < -0.3 is 16.0 Å². The first-order valence-electron chi connectivity index (χ1n) is 7.76. The molecule has 8 heteroatoms. The molecule has 1 amide bonds. The zero-order valence-corrected chi connectivity index (χ0v) is 15.1. The van der Waals surface area contributed by atoms with Crippen LogP contribution >= 0.6 is 11.3 Å². The molecule has 0 aromatic carbocycles. The monoisotopic (exact) mass is 338 g/mol. The lowest BCUT2D eigenvalue weighted by Gasteiger charge is -2.43. The molecule has 1 aromatic rings. The van der Waals surface area contributed by atoms with E-state index in [1.165, 1.54) is 4.88 Å². The fourth-order valence-corrected chi connectivity index (χ4v) is 3.35. The van der Waals surface area contributed by atoms with Crippen molar-refractivity contribution >= 4 is 23.2 Å². The Morgan fingerprint density at radius 2 is 2.09 bits per heavy atom. The predicted molar refractivity (Wildman–Crippen MR) is 93.5 cm³/mol. The van der Waals surface area contributed by atoms with E-state index in [9.17, 15) is 4.79 Å². The van der Waals surface area contributed by atoms with Crippen LogP contribution in [0.4, 0.5) is 0 Å². The summed E-state index contributed by atoms with van der Waals surface area (Å²) >= 11 is 1.69. The number of aryl methyl sites for hydroxylation is 1. The van der Waals surface area contributed by atoms with Gasteiger partial charge in [0.2, 0.25) is 5.91 Å². The largest absolute Gasteiger partial charge is 0.368 e. The van der Waals surface area contributed by atoms with Crippen molar-refractivity contribution in [1.29, 1.82) is 0 Å². The second kappa shape index (κ2) is 7.27. The number of guanidine groups is 1. The highest BCUT2D eigenvalue weighted by atomic mass is 32.1. The maximum Gasteiger partial charge on any atom is 0.237 e. The van der Waals surface area contributed by atoms with Crippen LogP contribution < -0.4 is 11.1 Å². The first-order chi connectivity index (χ1) is 10.8. The summed E-state index contributed by atoms with van der Waals surface area (Å²) in [6.07, 6.45) is 1.90. The van der Waals surface area contributed by atoms with E-state index in [2.05, 4.69) is 25.1 Å². The molecule has 1 fully saturated rings. The molecule has 2 rings (SSSR count). The summed E-state index contributed by atoms with van der Waals surface area (Å²) in [7, 11) is 1.79. The fraction of sp³-hybridized carbons (Fsp3) is 0.667. The molecule has 3 N–H and O–H groups in total. The van der Waals surface area contributed by atoms with Gasteiger partial charge in [-0.2, -0.15) is 0 Å². The number of primary amides is 1. The zero-order valence-electron chi connectivity index (χ0n) is 14.3. The molecule has 2 heterocycles. The lowest BCUT2D eigenvalue weighted by atomic mass is 10.0. The number of nitrogens with one attached hydrogen (secondary N) is 1. The van der Waals surface area contributed by atoms with E-state index in [1.807, 2.05) is 27.0 Å². The number of nitrogens with zero attached hydrogens (tertiary/aromatic N) is 4. The standard InChI is InChI=1S/C15H26N6OS/c1-11-18-9-12(23-11)10-19-14(17-4)20-5-7-21(8-6-20)15(2,3)13(16)22/h9H,5-8,10H2,1-4H3,(H2,16,22)(H,17,19). The molecule has 1 aromatic heterocycles. The molecule has 23 heavy (non-hydrogen) atoms. The van der Waals surface area contributed by atoms with Gasteiger partial charge in [-0.25, -0.2) is 4.98 Å². The van der Waals surface area contributed by atoms with Crippen molar-refractivity contribution in [2.75, 3.05) is 33.2 Å². The molecule has 0 bridgehead atoms. The topological polar surface area (TPSA) is 86.8 Å². The highest BCUT2D eigenvalue weighted by Gasteiger charge is 2.35. The highest BCUT2D eigenvalue weighted by molar-refractivity contribution is 7.11. The van der Waals surface area contributed by atoms with Gasteiger partial charge in [-0.05, 0) is 20.8 Å². The Balaban J connectivity index is 1.88. The van der Waals surface area contributed by atoms with Gasteiger partial charge in [0, 0.05) is 44.3 Å². The molecule has 0 aliphatic carbocycles. The molecular formula is C15H26N6OS. The third-order valence-electron chi connectivity index (χ3n) is 4.27. The summed E-state index contributed by atoms with van der Waals surface area (Å²) in [6.45, 7) is 9.70. The molecule has 0 atom stereocenters. The van der Waals surface area contributed by atoms with Crippen LogP contribution in [0.3, 0.4) is 0 Å². The number of amides is 1. The van der Waals surface area contributed by atoms with Gasteiger partial charge in [0.25, 0.3) is 0 Å². The van der Waals surface area contributed by atoms with Crippen LogP contribution in [0.1, 0.15) is 23.7 Å². The van der Waals surface area contributed by atoms with Crippen LogP contribution in [0.25, 0.3) is 0 Å². The summed E-state index contributed by atoms with van der Waals surface area (Å²) in [5.74, 6) is 0.599. The number of hydrogen-bond acceptors (Lipinski definition) is 5. The van der Waals surface area contributed by atoms with E-state index < -0.39 is 5.54 Å². The molecule has 0 radical (unpaired) electrons. The average Bonchev–Trinajstić information content (AvgIpc) is 2.94. The number of carbonyl (C=O) groups excluding carboxylic acids is 1. The SMILES string of the molecule is CN=C(NCc1cnc(C)s1)N1CCN(C(C)(C)C(N)=O)CC1. The third kappa shape index (κ3) is 4.20. The van der Waals surface area contributed by atoms with Crippen molar-refractivity contribution in [2.24, 2.45) is 10.7 Å². The van der Waals surface area contributed by atoms with Gasteiger partial charge in [0.1, 0.15) is 0 Å². The van der Waals surface area contributed by atoms with Crippen molar-refractivity contribution in [3.63, 3.8) is 0 Å². The molecule has 1 saturated heterocycles. The van der Waals surface area contributed by atoms with Crippen molar-refractivity contribution in [3.8, 4) is 0 Å². The Morgan fingerprint density at radius 1 is 1.43 bits per heavy atom. The van der Waals surface area contributed by atoms with Crippen LogP contribution in [-0.4, -0.2) is 65.4 Å². The van der Waals surface area contributed by atoms with Gasteiger partial charge in [-0.1, -0.05) is 0 Å². The molecule has 0 unspecified atom stereocenters. The summed E-state index contributed by atoms with van der Waals surface area (Å²) in [6, 6.07) is 0. The van der Waals surface area contributed by atoms with Crippen LogP contribution in [-0.2, 0) is 11.3 Å². The van der Waals surface area contributed by atoms with Crippen molar-refractivity contribution in [3.05, 3.63) is 16.1 Å². The Labute approximate surface area is 141 Å². The summed E-state index contributed by atoms with van der Waals surface area (Å²) in [5.41, 5.74) is 4.89. The van der Waals surface area contributed by atoms with E-state index in [0.717, 1.165) is 43.7 Å². The van der Waals surface area contributed by atoms with Crippen molar-refractivity contribution < 1.29 is 4.79 Å². The molecular weight excluding hydrogens is 312 g/mol. The van der Waals surface area contributed by atoms with Crippen molar-refractivity contribution in [1.82, 2.24) is 20.1 Å². The fourth-order valence-electron chi connectivity index (χ4n) is 2.62. The van der Waals surface area contributed by atoms with Gasteiger partial charge in [0.15, 0.2) is 5.96 Å². The second-order valence-electron chi connectivity index (χ2n) is 6.14. The molecule has 1 aliphatic rings. The Kier molecular flexibility index (Phi) is 5.59. The van der Waals surface area contributed by atoms with E-state index in [1.54, 1.807) is 18.4 Å². The smallest absolute Gasteiger partial charge is 0.237 e. The maximum absolute atomic E-state index is 11.6. The maximum atomic E-state index is 11.6. The van der Waals surface area contributed by atoms with E-state index >= 15 is 0 Å². The van der Waals surface area contributed by atoms with Crippen LogP contribution in [0.2, 0.25) is 0 Å². The highest BCUT2D eigenvalue weighted by Crippen LogP contribution is 2.17. The lowest BCUT2D eigenvalue weighted by molar-refractivity contribution is -0.129. The van der Waals surface area contributed by atoms with Gasteiger partial charge in [0.05, 0.1) is 17.1 Å². The quantitative estimate of drug-likeness (QED) is 0.613. The third-order valence-corrected chi connectivity index (χ3v) is 5.19. The number of nitrogens with two attached hydrogens (primary N) is 1. The lowest BCUT2D eigenvalue weighted by Crippen LogP contribution is -2.61. The number of hydrogen-bond donors (Lipinski definition) is 2. The predicted octanol–water partition coefficient (Wildman–Crippen LogP) is 0.408. The average molecular weight is 338 g/mol. The summed E-state index contributed by atoms with van der Waals surface area (Å²) < 4.78 is 0. The molecule has 0 spiro atoms. The van der Waals surface area contributed by atoms with Crippen LogP contribution in [0.5, 0.6) is 0 Å². The van der Waals surface area contributed by atoms with E-state index in [-0.39, 0.29) is 5.91 Å². The molecule has 1 aliphatic heterocycles. The zero-order chi connectivity index (χ0) is 17.0. The summed E-state index contributed by atoms with van der Waals surface area (Å²) in [5, 5.41) is 4.45. The normalized spacial score (nSPS) is 17.4. The number of aromatic nitrogens is 1. The first kappa shape index (κ1) is 17.7. The number of aliphatic imine (C=N–C) groups is 1. The van der Waals surface area contributed by atoms with Crippen LogP contribution in [0, 0.1) is 6.92 Å². The Bertz CT molecular complexity index is 574.